The molecule has 5 heterocycles. The Balaban J connectivity index is 1.49. The molecule has 7 rings (SSSR count). The van der Waals surface area contributed by atoms with Gasteiger partial charge in [-0.2, -0.15) is 0 Å². The predicted molar refractivity (Wildman–Crippen MR) is 167 cm³/mol. The van der Waals surface area contributed by atoms with Crippen molar-refractivity contribution in [3.8, 4) is 17.3 Å². The number of fused-ring (bicyclic) bond motifs is 4. The highest BCUT2D eigenvalue weighted by Gasteiger charge is 2.61. The van der Waals surface area contributed by atoms with Crippen molar-refractivity contribution in [2.75, 3.05) is 5.32 Å². The number of amides is 1. The van der Waals surface area contributed by atoms with E-state index in [1.54, 1.807) is 13.8 Å². The molecule has 2 aromatic heterocycles. The van der Waals surface area contributed by atoms with Gasteiger partial charge in [-0.15, -0.1) is 0 Å². The number of aliphatic hydroxyl groups is 2. The van der Waals surface area contributed by atoms with Crippen LogP contribution < -0.4 is 15.4 Å². The number of para-hydroxylation sites is 1. The first-order valence-electron chi connectivity index (χ1n) is 15.7. The molecule has 2 aromatic carbocycles. The summed E-state index contributed by atoms with van der Waals surface area (Å²) in [5.74, 6) is -0.294. The number of nitrogens with zero attached hydrogens (tertiary/aromatic N) is 2. The standard InChI is InChI=1S/C35H38N4O7/c1-17(2)27(42)24(41)14-19-12-18-10-11-25-22(13-18)35(21-8-6-7-9-23(21)37-33(35)45-25)29-26(31-36-20(15-40)16-44-31)38-32(46-29)28(34(3,4)5)39-30(19)43/h6-11,13,16-17,19,27-28,33,37,40,42H,12,14-15H2,1-5H3,(H,39,43)/t19?,27?,28?,33-,35?/m1/s1. The summed E-state index contributed by atoms with van der Waals surface area (Å²) < 4.78 is 19.3. The molecule has 1 amide bonds. The SMILES string of the molecule is CC(C)C(O)C(=O)CC1Cc2ccc3c(c2)C2(c4ccccc4N[C@@H]2O3)c2oc(nc2-c2nc(CO)co2)C(C(C)(C)C)NC1=O. The van der Waals surface area contributed by atoms with E-state index >= 15 is 0 Å². The van der Waals surface area contributed by atoms with Crippen LogP contribution in [0.5, 0.6) is 5.75 Å². The Morgan fingerprint density at radius 1 is 1.11 bits per heavy atom. The number of hydrogen-bond acceptors (Lipinski definition) is 10. The second kappa shape index (κ2) is 10.8. The van der Waals surface area contributed by atoms with Crippen molar-refractivity contribution in [3.63, 3.8) is 0 Å². The molecule has 4 bridgehead atoms. The molecule has 0 radical (unpaired) electrons. The number of ether oxygens (including phenoxy) is 1. The lowest BCUT2D eigenvalue weighted by Gasteiger charge is -2.32. The van der Waals surface area contributed by atoms with E-state index in [9.17, 15) is 19.8 Å². The van der Waals surface area contributed by atoms with Crippen molar-refractivity contribution in [1.82, 2.24) is 15.3 Å². The van der Waals surface area contributed by atoms with E-state index in [1.807, 2.05) is 63.2 Å². The summed E-state index contributed by atoms with van der Waals surface area (Å²) in [6, 6.07) is 13.0. The van der Waals surface area contributed by atoms with Crippen LogP contribution in [0.1, 0.15) is 81.1 Å². The highest BCUT2D eigenvalue weighted by molar-refractivity contribution is 5.89. The summed E-state index contributed by atoms with van der Waals surface area (Å²) in [4.78, 5) is 36.8. The lowest BCUT2D eigenvalue weighted by molar-refractivity contribution is -0.135. The molecule has 3 aliphatic rings. The molecule has 1 spiro atoms. The van der Waals surface area contributed by atoms with Crippen LogP contribution in [-0.4, -0.2) is 44.2 Å². The number of ketones is 1. The molecule has 240 valence electrons. The fourth-order valence-corrected chi connectivity index (χ4v) is 6.90. The zero-order chi connectivity index (χ0) is 32.5. The number of anilines is 1. The number of aromatic nitrogens is 2. The van der Waals surface area contributed by atoms with E-state index in [0.29, 0.717) is 22.9 Å². The Morgan fingerprint density at radius 2 is 1.89 bits per heavy atom. The van der Waals surface area contributed by atoms with E-state index in [1.165, 1.54) is 6.26 Å². The summed E-state index contributed by atoms with van der Waals surface area (Å²) in [6.07, 6.45) is -0.263. The molecular weight excluding hydrogens is 588 g/mol. The number of benzene rings is 2. The van der Waals surface area contributed by atoms with Gasteiger partial charge in [0, 0.05) is 23.6 Å². The van der Waals surface area contributed by atoms with Gasteiger partial charge < -0.3 is 34.4 Å². The van der Waals surface area contributed by atoms with Gasteiger partial charge in [-0.05, 0) is 41.0 Å². The van der Waals surface area contributed by atoms with Gasteiger partial charge >= 0.3 is 0 Å². The Labute approximate surface area is 266 Å². The fourth-order valence-electron chi connectivity index (χ4n) is 6.90. The molecule has 0 aliphatic carbocycles. The maximum absolute atomic E-state index is 14.1. The van der Waals surface area contributed by atoms with Crippen LogP contribution in [0.15, 0.2) is 57.6 Å². The van der Waals surface area contributed by atoms with Gasteiger partial charge in [-0.1, -0.05) is 65.0 Å². The Morgan fingerprint density at radius 3 is 2.61 bits per heavy atom. The van der Waals surface area contributed by atoms with Crippen molar-refractivity contribution >= 4 is 17.4 Å². The summed E-state index contributed by atoms with van der Waals surface area (Å²) >= 11 is 0. The zero-order valence-electron chi connectivity index (χ0n) is 26.5. The van der Waals surface area contributed by atoms with Gasteiger partial charge in [0.2, 0.25) is 17.7 Å². The second-order valence-electron chi connectivity index (χ2n) is 13.9. The molecule has 46 heavy (non-hydrogen) atoms. The minimum Gasteiger partial charge on any atom is -0.469 e. The summed E-state index contributed by atoms with van der Waals surface area (Å²) in [7, 11) is 0. The molecule has 11 nitrogen and oxygen atoms in total. The van der Waals surface area contributed by atoms with Gasteiger partial charge in [0.15, 0.2) is 23.5 Å². The van der Waals surface area contributed by atoms with Crippen LogP contribution in [0.4, 0.5) is 5.69 Å². The minimum atomic E-state index is -1.17. The third-order valence-electron chi connectivity index (χ3n) is 9.33. The first kappa shape index (κ1) is 30.2. The molecule has 0 saturated carbocycles. The van der Waals surface area contributed by atoms with Crippen LogP contribution in [0, 0.1) is 17.3 Å². The molecule has 3 aliphatic heterocycles. The van der Waals surface area contributed by atoms with Gasteiger partial charge in [-0.25, -0.2) is 9.97 Å². The number of oxazole rings is 2. The fraction of sp³-hybridized carbons (Fsp3) is 0.429. The first-order valence-corrected chi connectivity index (χ1v) is 15.7. The minimum absolute atomic E-state index is 0.129. The molecule has 4 unspecified atom stereocenters. The first-order chi connectivity index (χ1) is 21.9. The molecule has 11 heteroatoms. The smallest absolute Gasteiger partial charge is 0.249 e. The molecule has 4 aromatic rings. The Bertz CT molecular complexity index is 1840. The number of aliphatic hydroxyl groups excluding tert-OH is 2. The normalized spacial score (nSPS) is 23.8. The monoisotopic (exact) mass is 626 g/mol. The number of rotatable bonds is 6. The van der Waals surface area contributed by atoms with Gasteiger partial charge in [0.1, 0.15) is 35.3 Å². The van der Waals surface area contributed by atoms with Gasteiger partial charge in [0.05, 0.1) is 6.61 Å². The largest absolute Gasteiger partial charge is 0.469 e. The van der Waals surface area contributed by atoms with E-state index < -0.39 is 35.1 Å². The molecule has 4 N–H and O–H groups in total. The van der Waals surface area contributed by atoms with Crippen LogP contribution in [0.25, 0.3) is 11.6 Å². The Kier molecular flexibility index (Phi) is 7.09. The summed E-state index contributed by atoms with van der Waals surface area (Å²) in [5.41, 5.74) is 2.48. The lowest BCUT2D eigenvalue weighted by Crippen LogP contribution is -2.42. The Hall–Kier alpha value is -4.48. The highest BCUT2D eigenvalue weighted by Crippen LogP contribution is 2.59. The summed E-state index contributed by atoms with van der Waals surface area (Å²) in [6.45, 7) is 9.15. The van der Waals surface area contributed by atoms with Crippen molar-refractivity contribution < 1.29 is 33.4 Å². The number of Topliss-reactive ketones (excluding diaryl/α,β-unsaturated/α-hetero) is 1. The lowest BCUT2D eigenvalue weighted by atomic mass is 9.72. The van der Waals surface area contributed by atoms with Crippen molar-refractivity contribution in [1.29, 1.82) is 0 Å². The average Bonchev–Trinajstić information content (AvgIpc) is 3.78. The summed E-state index contributed by atoms with van der Waals surface area (Å²) in [5, 5.41) is 27.1. The van der Waals surface area contributed by atoms with Crippen LogP contribution in [0.2, 0.25) is 0 Å². The van der Waals surface area contributed by atoms with Crippen LogP contribution >= 0.6 is 0 Å². The maximum atomic E-state index is 14.1. The maximum Gasteiger partial charge on any atom is 0.249 e. The second-order valence-corrected chi connectivity index (χ2v) is 13.9. The molecule has 0 saturated heterocycles. The van der Waals surface area contributed by atoms with Crippen LogP contribution in [-0.2, 0) is 28.0 Å². The van der Waals surface area contributed by atoms with E-state index in [2.05, 4.69) is 15.6 Å². The van der Waals surface area contributed by atoms with Crippen molar-refractivity contribution in [2.24, 2.45) is 17.3 Å². The zero-order valence-corrected chi connectivity index (χ0v) is 26.5. The van der Waals surface area contributed by atoms with Gasteiger partial charge in [-0.3, -0.25) is 9.59 Å². The van der Waals surface area contributed by atoms with Gasteiger partial charge in [0.25, 0.3) is 0 Å². The van der Waals surface area contributed by atoms with Crippen molar-refractivity contribution in [3.05, 3.63) is 82.8 Å². The predicted octanol–water partition coefficient (Wildman–Crippen LogP) is 4.65. The number of carbonyl (C=O) groups excluding carboxylic acids is 2. The van der Waals surface area contributed by atoms with Crippen LogP contribution in [0.3, 0.4) is 0 Å². The molecular formula is C35H38N4O7. The number of nitrogens with one attached hydrogen (secondary N) is 2. The third kappa shape index (κ3) is 4.63. The number of hydrogen-bond donors (Lipinski definition) is 4. The molecule has 0 fully saturated rings. The molecule has 5 atom stereocenters. The third-order valence-corrected chi connectivity index (χ3v) is 9.33. The van der Waals surface area contributed by atoms with Crippen molar-refractivity contribution in [2.45, 2.75) is 77.9 Å². The van der Waals surface area contributed by atoms with E-state index in [-0.39, 0.29) is 48.8 Å². The quantitative estimate of drug-likeness (QED) is 0.237. The van der Waals surface area contributed by atoms with E-state index in [4.69, 9.17) is 18.6 Å². The topological polar surface area (TPSA) is 160 Å². The highest BCUT2D eigenvalue weighted by atomic mass is 16.5. The average molecular weight is 627 g/mol. The van der Waals surface area contributed by atoms with E-state index in [0.717, 1.165) is 22.4 Å². The number of carbonyl (C=O) groups is 2.